The summed E-state index contributed by atoms with van der Waals surface area (Å²) >= 11 is 3.65. The van der Waals surface area contributed by atoms with E-state index in [-0.39, 0.29) is 5.91 Å². The number of rotatable bonds is 5. The summed E-state index contributed by atoms with van der Waals surface area (Å²) in [5.41, 5.74) is 1.02. The van der Waals surface area contributed by atoms with Gasteiger partial charge in [-0.1, -0.05) is 28.1 Å². The average Bonchev–Trinajstić information content (AvgIpc) is 2.47. The largest absolute Gasteiger partial charge is 0.497 e. The topological polar surface area (TPSA) is 38.3 Å². The predicted molar refractivity (Wildman–Crippen MR) is 84.4 cm³/mol. The van der Waals surface area contributed by atoms with Crippen molar-refractivity contribution >= 4 is 21.8 Å². The Balaban J connectivity index is 1.72. The van der Waals surface area contributed by atoms with Crippen LogP contribution in [0.2, 0.25) is 0 Å². The fraction of sp³-hybridized carbons (Fsp3) is 0.562. The van der Waals surface area contributed by atoms with Crippen LogP contribution in [0.15, 0.2) is 24.3 Å². The van der Waals surface area contributed by atoms with Crippen LogP contribution in [0.1, 0.15) is 31.2 Å². The summed E-state index contributed by atoms with van der Waals surface area (Å²) in [7, 11) is 1.64. The number of hydrogen-bond acceptors (Lipinski definition) is 2. The van der Waals surface area contributed by atoms with E-state index >= 15 is 0 Å². The van der Waals surface area contributed by atoms with Gasteiger partial charge >= 0.3 is 0 Å². The van der Waals surface area contributed by atoms with Crippen molar-refractivity contribution in [1.29, 1.82) is 0 Å². The van der Waals surface area contributed by atoms with Gasteiger partial charge in [-0.05, 0) is 49.3 Å². The van der Waals surface area contributed by atoms with Crippen molar-refractivity contribution in [1.82, 2.24) is 5.32 Å². The van der Waals surface area contributed by atoms with E-state index in [1.165, 1.54) is 25.7 Å². The predicted octanol–water partition coefficient (Wildman–Crippen LogP) is 3.31. The standard InChI is InChI=1S/C16H22BrNO2/c1-20-15-8-4-12(5-9-15)10-16(19)18-11-13-2-6-14(17)7-3-13/h4-5,8-9,13-14H,2-3,6-7,10-11H2,1H3,(H,18,19). The Hall–Kier alpha value is -1.03. The van der Waals surface area contributed by atoms with Crippen LogP contribution in [0, 0.1) is 5.92 Å². The quantitative estimate of drug-likeness (QED) is 0.835. The summed E-state index contributed by atoms with van der Waals surface area (Å²) in [6, 6.07) is 7.66. The minimum Gasteiger partial charge on any atom is -0.497 e. The number of amides is 1. The van der Waals surface area contributed by atoms with E-state index < -0.39 is 0 Å². The number of benzene rings is 1. The first-order valence-electron chi connectivity index (χ1n) is 7.21. The van der Waals surface area contributed by atoms with E-state index in [0.717, 1.165) is 17.9 Å². The van der Waals surface area contributed by atoms with Crippen LogP contribution in [-0.4, -0.2) is 24.4 Å². The normalized spacial score (nSPS) is 22.3. The first-order chi connectivity index (χ1) is 9.67. The molecule has 1 aliphatic carbocycles. The van der Waals surface area contributed by atoms with Crippen molar-refractivity contribution in [3.63, 3.8) is 0 Å². The van der Waals surface area contributed by atoms with Crippen LogP contribution in [0.5, 0.6) is 5.75 Å². The van der Waals surface area contributed by atoms with Gasteiger partial charge in [0.2, 0.25) is 5.91 Å². The Morgan fingerprint density at radius 2 is 1.90 bits per heavy atom. The maximum absolute atomic E-state index is 11.9. The second-order valence-corrected chi connectivity index (χ2v) is 6.74. The highest BCUT2D eigenvalue weighted by Crippen LogP contribution is 2.28. The minimum absolute atomic E-state index is 0.108. The van der Waals surface area contributed by atoms with E-state index in [1.807, 2.05) is 24.3 Å². The summed E-state index contributed by atoms with van der Waals surface area (Å²) in [5.74, 6) is 1.57. The Bertz CT molecular complexity index is 425. The maximum Gasteiger partial charge on any atom is 0.224 e. The maximum atomic E-state index is 11.9. The molecule has 1 aliphatic rings. The summed E-state index contributed by atoms with van der Waals surface area (Å²) < 4.78 is 5.11. The van der Waals surface area contributed by atoms with Crippen molar-refractivity contribution in [3.05, 3.63) is 29.8 Å². The van der Waals surface area contributed by atoms with Gasteiger partial charge < -0.3 is 10.1 Å². The van der Waals surface area contributed by atoms with E-state index in [0.29, 0.717) is 17.2 Å². The van der Waals surface area contributed by atoms with Gasteiger partial charge in [-0.15, -0.1) is 0 Å². The van der Waals surface area contributed by atoms with E-state index in [9.17, 15) is 4.79 Å². The lowest BCUT2D eigenvalue weighted by molar-refractivity contribution is -0.120. The van der Waals surface area contributed by atoms with Gasteiger partial charge in [-0.2, -0.15) is 0 Å². The highest BCUT2D eigenvalue weighted by atomic mass is 79.9. The van der Waals surface area contributed by atoms with Crippen molar-refractivity contribution < 1.29 is 9.53 Å². The van der Waals surface area contributed by atoms with Crippen molar-refractivity contribution in [3.8, 4) is 5.75 Å². The molecule has 110 valence electrons. The Kier molecular flexibility index (Phi) is 5.89. The molecule has 0 spiro atoms. The highest BCUT2D eigenvalue weighted by molar-refractivity contribution is 9.09. The molecular formula is C16H22BrNO2. The van der Waals surface area contributed by atoms with Crippen LogP contribution in [-0.2, 0) is 11.2 Å². The number of carbonyl (C=O) groups excluding carboxylic acids is 1. The van der Waals surface area contributed by atoms with Gasteiger partial charge in [-0.3, -0.25) is 4.79 Å². The van der Waals surface area contributed by atoms with Crippen molar-refractivity contribution in [2.45, 2.75) is 36.9 Å². The summed E-state index contributed by atoms with van der Waals surface area (Å²) in [4.78, 5) is 12.6. The van der Waals surface area contributed by atoms with Crippen molar-refractivity contribution in [2.75, 3.05) is 13.7 Å². The third kappa shape index (κ3) is 4.82. The smallest absolute Gasteiger partial charge is 0.224 e. The van der Waals surface area contributed by atoms with Gasteiger partial charge in [0.1, 0.15) is 5.75 Å². The minimum atomic E-state index is 0.108. The zero-order chi connectivity index (χ0) is 14.4. The molecule has 1 amide bonds. The Morgan fingerprint density at radius 1 is 1.25 bits per heavy atom. The summed E-state index contributed by atoms with van der Waals surface area (Å²) in [6.45, 7) is 0.814. The molecule has 2 rings (SSSR count). The molecule has 20 heavy (non-hydrogen) atoms. The monoisotopic (exact) mass is 339 g/mol. The van der Waals surface area contributed by atoms with E-state index in [4.69, 9.17) is 4.74 Å². The molecule has 0 aliphatic heterocycles. The van der Waals surface area contributed by atoms with Crippen molar-refractivity contribution in [2.24, 2.45) is 5.92 Å². The van der Waals surface area contributed by atoms with E-state index in [1.54, 1.807) is 7.11 Å². The van der Waals surface area contributed by atoms with Gasteiger partial charge in [-0.25, -0.2) is 0 Å². The fourth-order valence-corrected chi connectivity index (χ4v) is 3.10. The lowest BCUT2D eigenvalue weighted by atomic mass is 9.89. The molecule has 3 nitrogen and oxygen atoms in total. The molecule has 1 aromatic rings. The van der Waals surface area contributed by atoms with Crippen LogP contribution in [0.4, 0.5) is 0 Å². The second kappa shape index (κ2) is 7.67. The summed E-state index contributed by atoms with van der Waals surface area (Å²) in [6.07, 6.45) is 5.30. The first-order valence-corrected chi connectivity index (χ1v) is 8.12. The van der Waals surface area contributed by atoms with E-state index in [2.05, 4.69) is 21.2 Å². The molecule has 0 aromatic heterocycles. The molecule has 1 aromatic carbocycles. The zero-order valence-corrected chi connectivity index (χ0v) is 13.5. The van der Waals surface area contributed by atoms with Gasteiger partial charge in [0.05, 0.1) is 13.5 Å². The van der Waals surface area contributed by atoms with Crippen LogP contribution < -0.4 is 10.1 Å². The molecule has 1 saturated carbocycles. The SMILES string of the molecule is COc1ccc(CC(=O)NCC2CCC(Br)CC2)cc1. The lowest BCUT2D eigenvalue weighted by Gasteiger charge is -2.25. The molecule has 1 N–H and O–H groups in total. The summed E-state index contributed by atoms with van der Waals surface area (Å²) in [5, 5.41) is 3.06. The van der Waals surface area contributed by atoms with Gasteiger partial charge in [0, 0.05) is 11.4 Å². The first kappa shape index (κ1) is 15.4. The third-order valence-electron chi connectivity index (χ3n) is 3.89. The Labute approximate surface area is 129 Å². The number of nitrogens with one attached hydrogen (secondary N) is 1. The number of methoxy groups -OCH3 is 1. The molecule has 1 fully saturated rings. The molecule has 0 bridgehead atoms. The van der Waals surface area contributed by atoms with Crippen LogP contribution >= 0.6 is 15.9 Å². The molecule has 0 atom stereocenters. The number of ether oxygens (including phenoxy) is 1. The number of alkyl halides is 1. The molecule has 0 heterocycles. The number of carbonyl (C=O) groups is 1. The zero-order valence-electron chi connectivity index (χ0n) is 11.9. The van der Waals surface area contributed by atoms with Gasteiger partial charge in [0.25, 0.3) is 0 Å². The molecule has 0 saturated heterocycles. The Morgan fingerprint density at radius 3 is 2.50 bits per heavy atom. The van der Waals surface area contributed by atoms with Gasteiger partial charge in [0.15, 0.2) is 0 Å². The molecular weight excluding hydrogens is 318 g/mol. The molecule has 4 heteroatoms. The average molecular weight is 340 g/mol. The highest BCUT2D eigenvalue weighted by Gasteiger charge is 2.19. The van der Waals surface area contributed by atoms with Crippen LogP contribution in [0.25, 0.3) is 0 Å². The third-order valence-corrected chi connectivity index (χ3v) is 4.80. The second-order valence-electron chi connectivity index (χ2n) is 5.45. The van der Waals surface area contributed by atoms with Crippen LogP contribution in [0.3, 0.4) is 0 Å². The molecule has 0 unspecified atom stereocenters. The lowest BCUT2D eigenvalue weighted by Crippen LogP contribution is -2.32. The number of halogens is 1. The number of hydrogen-bond donors (Lipinski definition) is 1. The fourth-order valence-electron chi connectivity index (χ4n) is 2.58. The molecule has 0 radical (unpaired) electrons.